The predicted molar refractivity (Wildman–Crippen MR) is 133 cm³/mol. The molecule has 0 bridgehead atoms. The number of nitrogens with zero attached hydrogens (tertiary/aromatic N) is 4. The van der Waals surface area contributed by atoms with Gasteiger partial charge in [0.25, 0.3) is 5.91 Å². The van der Waals surface area contributed by atoms with Gasteiger partial charge in [-0.3, -0.25) is 4.79 Å². The second-order valence-electron chi connectivity index (χ2n) is 9.78. The summed E-state index contributed by atoms with van der Waals surface area (Å²) in [5, 5.41) is 1.22. The second-order valence-corrected chi connectivity index (χ2v) is 9.78. The normalized spacial score (nSPS) is 18.8. The summed E-state index contributed by atoms with van der Waals surface area (Å²) in [5.41, 5.74) is 11.8. The third-order valence-electron chi connectivity index (χ3n) is 7.19. The minimum atomic E-state index is 0.0262. The summed E-state index contributed by atoms with van der Waals surface area (Å²) in [6, 6.07) is 14.6. The van der Waals surface area contributed by atoms with Gasteiger partial charge in [0.2, 0.25) is 0 Å². The van der Waals surface area contributed by atoms with Crippen LogP contribution in [-0.4, -0.2) is 51.0 Å². The van der Waals surface area contributed by atoms with Gasteiger partial charge in [-0.2, -0.15) is 0 Å². The van der Waals surface area contributed by atoms with Crippen LogP contribution in [-0.2, 0) is 17.9 Å². The molecule has 0 radical (unpaired) electrons. The molecule has 1 atom stereocenters. The van der Waals surface area contributed by atoms with E-state index in [1.165, 1.54) is 23.7 Å². The van der Waals surface area contributed by atoms with Crippen molar-refractivity contribution in [3.63, 3.8) is 0 Å². The molecule has 1 saturated heterocycles. The number of benzene rings is 1. The zero-order valence-corrected chi connectivity index (χ0v) is 19.6. The summed E-state index contributed by atoms with van der Waals surface area (Å²) in [6.07, 6.45) is 6.44. The van der Waals surface area contributed by atoms with E-state index in [1.807, 2.05) is 23.2 Å². The second kappa shape index (κ2) is 8.56. The van der Waals surface area contributed by atoms with E-state index in [2.05, 4.69) is 39.3 Å². The van der Waals surface area contributed by atoms with Gasteiger partial charge in [0, 0.05) is 55.4 Å². The van der Waals surface area contributed by atoms with Gasteiger partial charge in [-0.05, 0) is 55.9 Å². The molecule has 1 aliphatic carbocycles. The lowest BCUT2D eigenvalue weighted by Gasteiger charge is -2.30. The summed E-state index contributed by atoms with van der Waals surface area (Å²) in [6.45, 7) is 2.81. The third-order valence-corrected chi connectivity index (χ3v) is 7.19. The molecule has 0 spiro atoms. The number of amides is 1. The number of rotatable bonds is 6. The van der Waals surface area contributed by atoms with Crippen LogP contribution in [0.4, 0.5) is 0 Å². The van der Waals surface area contributed by atoms with Crippen LogP contribution in [0.25, 0.3) is 27.9 Å². The first-order chi connectivity index (χ1) is 16.6. The standard InChI is InChI=1S/C27H31N5O2/c1-34-17-24-26(23-13-19-5-2-3-7-22(19)32(23)15-18-8-9-18)29-25-14-20(10-12-31(24)25)27(33)30-11-4-6-21(28)16-30/h2-3,5,7,10,12-14,18,21H,4,6,8-9,11,15-17,28H2,1H3. The number of imidazole rings is 1. The topological polar surface area (TPSA) is 77.8 Å². The van der Waals surface area contributed by atoms with E-state index < -0.39 is 0 Å². The van der Waals surface area contributed by atoms with Crippen molar-refractivity contribution in [2.75, 3.05) is 20.2 Å². The summed E-state index contributed by atoms with van der Waals surface area (Å²) < 4.78 is 10.1. The first-order valence-corrected chi connectivity index (χ1v) is 12.3. The molecule has 2 fully saturated rings. The molecule has 2 aliphatic rings. The number of hydrogen-bond donors (Lipinski definition) is 1. The lowest BCUT2D eigenvalue weighted by atomic mass is 10.1. The number of piperidine rings is 1. The molecular formula is C27H31N5O2. The van der Waals surface area contributed by atoms with E-state index in [-0.39, 0.29) is 11.9 Å². The van der Waals surface area contributed by atoms with E-state index in [1.54, 1.807) is 7.11 Å². The number of pyridine rings is 1. The van der Waals surface area contributed by atoms with Crippen molar-refractivity contribution in [3.8, 4) is 11.4 Å². The van der Waals surface area contributed by atoms with Crippen LogP contribution in [0.15, 0.2) is 48.7 Å². The molecule has 4 heterocycles. The molecule has 7 nitrogen and oxygen atoms in total. The number of carbonyl (C=O) groups excluding carboxylic acids is 1. The van der Waals surface area contributed by atoms with Crippen LogP contribution in [0.2, 0.25) is 0 Å². The average Bonchev–Trinajstić information content (AvgIpc) is 3.51. The summed E-state index contributed by atoms with van der Waals surface area (Å²) in [7, 11) is 1.71. The van der Waals surface area contributed by atoms with Crippen LogP contribution in [0.5, 0.6) is 0 Å². The SMILES string of the molecule is COCc1c(-c2cc3ccccc3n2CC2CC2)nc2cc(C(=O)N3CCCC(N)C3)ccn12. The minimum Gasteiger partial charge on any atom is -0.378 e. The molecule has 1 saturated carbocycles. The number of para-hydroxylation sites is 1. The maximum atomic E-state index is 13.2. The quantitative estimate of drug-likeness (QED) is 0.473. The highest BCUT2D eigenvalue weighted by molar-refractivity contribution is 5.95. The lowest BCUT2D eigenvalue weighted by molar-refractivity contribution is 0.0709. The minimum absolute atomic E-state index is 0.0262. The third kappa shape index (κ3) is 3.79. The first kappa shape index (κ1) is 21.4. The van der Waals surface area contributed by atoms with Crippen LogP contribution < -0.4 is 5.73 Å². The molecule has 7 heteroatoms. The fourth-order valence-corrected chi connectivity index (χ4v) is 5.25. The van der Waals surface area contributed by atoms with Gasteiger partial charge in [0.15, 0.2) is 0 Å². The van der Waals surface area contributed by atoms with Crippen LogP contribution in [0.1, 0.15) is 41.7 Å². The average molecular weight is 458 g/mol. The molecule has 6 rings (SSSR count). The van der Waals surface area contributed by atoms with Crippen molar-refractivity contribution in [2.45, 2.75) is 44.9 Å². The largest absolute Gasteiger partial charge is 0.378 e. The Morgan fingerprint density at radius 1 is 1.18 bits per heavy atom. The molecule has 4 aromatic rings. The highest BCUT2D eigenvalue weighted by Gasteiger charge is 2.27. The Hall–Kier alpha value is -3.16. The number of aromatic nitrogens is 3. The van der Waals surface area contributed by atoms with Crippen molar-refractivity contribution in [3.05, 3.63) is 59.9 Å². The van der Waals surface area contributed by atoms with Crippen molar-refractivity contribution in [2.24, 2.45) is 11.7 Å². The Bertz CT molecular complexity index is 1370. The Kier molecular flexibility index (Phi) is 5.38. The molecule has 1 unspecified atom stereocenters. The Morgan fingerprint density at radius 2 is 2.03 bits per heavy atom. The monoisotopic (exact) mass is 457 g/mol. The summed E-state index contributed by atoms with van der Waals surface area (Å²) in [4.78, 5) is 20.1. The fraction of sp³-hybridized carbons (Fsp3) is 0.407. The Labute approximate surface area is 199 Å². The zero-order chi connectivity index (χ0) is 23.2. The first-order valence-electron chi connectivity index (χ1n) is 12.3. The molecule has 1 aromatic carbocycles. The molecular weight excluding hydrogens is 426 g/mol. The van der Waals surface area contributed by atoms with E-state index in [0.717, 1.165) is 54.6 Å². The molecule has 1 aliphatic heterocycles. The molecule has 34 heavy (non-hydrogen) atoms. The van der Waals surface area contributed by atoms with E-state index in [4.69, 9.17) is 15.5 Å². The Morgan fingerprint density at radius 3 is 2.82 bits per heavy atom. The van der Waals surface area contributed by atoms with Crippen LogP contribution in [0.3, 0.4) is 0 Å². The number of fused-ring (bicyclic) bond motifs is 2. The summed E-state index contributed by atoms with van der Waals surface area (Å²) in [5.74, 6) is 0.760. The van der Waals surface area contributed by atoms with Crippen LogP contribution in [0, 0.1) is 5.92 Å². The van der Waals surface area contributed by atoms with Crippen molar-refractivity contribution < 1.29 is 9.53 Å². The van der Waals surface area contributed by atoms with Gasteiger partial charge in [0.05, 0.1) is 18.0 Å². The number of nitrogens with two attached hydrogens (primary N) is 1. The van der Waals surface area contributed by atoms with Gasteiger partial charge in [-0.15, -0.1) is 0 Å². The van der Waals surface area contributed by atoms with Crippen molar-refractivity contribution in [1.82, 2.24) is 18.9 Å². The zero-order valence-electron chi connectivity index (χ0n) is 19.6. The van der Waals surface area contributed by atoms with Gasteiger partial charge in [0.1, 0.15) is 11.3 Å². The highest BCUT2D eigenvalue weighted by atomic mass is 16.5. The highest BCUT2D eigenvalue weighted by Crippen LogP contribution is 2.37. The van der Waals surface area contributed by atoms with Gasteiger partial charge >= 0.3 is 0 Å². The molecule has 176 valence electrons. The number of hydrogen-bond acceptors (Lipinski definition) is 4. The maximum absolute atomic E-state index is 13.2. The number of likely N-dealkylation sites (tertiary alicyclic amines) is 1. The van der Waals surface area contributed by atoms with Crippen molar-refractivity contribution in [1.29, 1.82) is 0 Å². The van der Waals surface area contributed by atoms with E-state index in [0.29, 0.717) is 18.7 Å². The smallest absolute Gasteiger partial charge is 0.254 e. The number of methoxy groups -OCH3 is 1. The van der Waals surface area contributed by atoms with Gasteiger partial charge < -0.3 is 24.3 Å². The molecule has 2 N–H and O–H groups in total. The van der Waals surface area contributed by atoms with E-state index >= 15 is 0 Å². The predicted octanol–water partition coefficient (Wildman–Crippen LogP) is 4.08. The fourth-order valence-electron chi connectivity index (χ4n) is 5.25. The molecule has 1 amide bonds. The molecule has 3 aromatic heterocycles. The number of carbonyl (C=O) groups is 1. The Balaban J connectivity index is 1.45. The van der Waals surface area contributed by atoms with Crippen molar-refractivity contribution >= 4 is 22.5 Å². The van der Waals surface area contributed by atoms with Gasteiger partial charge in [-0.25, -0.2) is 4.98 Å². The maximum Gasteiger partial charge on any atom is 0.254 e. The van der Waals surface area contributed by atoms with Gasteiger partial charge in [-0.1, -0.05) is 18.2 Å². The van der Waals surface area contributed by atoms with E-state index in [9.17, 15) is 4.79 Å². The lowest BCUT2D eigenvalue weighted by Crippen LogP contribution is -2.45. The van der Waals surface area contributed by atoms with Crippen LogP contribution >= 0.6 is 0 Å². The summed E-state index contributed by atoms with van der Waals surface area (Å²) >= 11 is 0. The number of ether oxygens (including phenoxy) is 1.